The molecule has 3 rings (SSSR count). The van der Waals surface area contributed by atoms with Crippen molar-refractivity contribution in [2.45, 2.75) is 0 Å². The highest BCUT2D eigenvalue weighted by Gasteiger charge is 2.16. The van der Waals surface area contributed by atoms with Crippen LogP contribution in [0.2, 0.25) is 5.02 Å². The van der Waals surface area contributed by atoms with Crippen LogP contribution in [-0.2, 0) is 0 Å². The molecule has 0 bridgehead atoms. The predicted molar refractivity (Wildman–Crippen MR) is 119 cm³/mol. The van der Waals surface area contributed by atoms with E-state index in [1.807, 2.05) is 6.07 Å². The zero-order chi connectivity index (χ0) is 21.5. The highest BCUT2D eigenvalue weighted by molar-refractivity contribution is 9.10. The van der Waals surface area contributed by atoms with Gasteiger partial charge in [-0.3, -0.25) is 4.79 Å². The Morgan fingerprint density at radius 1 is 1.03 bits per heavy atom. The van der Waals surface area contributed by atoms with Crippen LogP contribution in [0.4, 0.5) is 0 Å². The molecule has 0 heterocycles. The first kappa shape index (κ1) is 21.5. The number of methoxy groups -OCH3 is 1. The van der Waals surface area contributed by atoms with Crippen molar-refractivity contribution in [2.75, 3.05) is 7.11 Å². The minimum Gasteiger partial charge on any atom is -0.493 e. The summed E-state index contributed by atoms with van der Waals surface area (Å²) in [6.07, 6.45) is 1.44. The molecule has 1 N–H and O–H groups in total. The number of halogens is 2. The van der Waals surface area contributed by atoms with Crippen LogP contribution >= 0.6 is 27.5 Å². The summed E-state index contributed by atoms with van der Waals surface area (Å²) in [5.74, 6) is -0.333. The monoisotopic (exact) mass is 486 g/mol. The van der Waals surface area contributed by atoms with Crippen molar-refractivity contribution in [1.82, 2.24) is 5.43 Å². The fourth-order valence-electron chi connectivity index (χ4n) is 2.50. The topological polar surface area (TPSA) is 77.0 Å². The average Bonchev–Trinajstić information content (AvgIpc) is 2.75. The lowest BCUT2D eigenvalue weighted by Gasteiger charge is -2.12. The van der Waals surface area contributed by atoms with Crippen LogP contribution in [0.1, 0.15) is 26.3 Å². The van der Waals surface area contributed by atoms with E-state index in [0.717, 1.165) is 0 Å². The Hall–Kier alpha value is -3.16. The summed E-state index contributed by atoms with van der Waals surface area (Å²) >= 11 is 9.27. The maximum absolute atomic E-state index is 12.3. The molecule has 0 aliphatic rings. The van der Waals surface area contributed by atoms with Crippen LogP contribution < -0.4 is 14.9 Å². The summed E-state index contributed by atoms with van der Waals surface area (Å²) in [6.45, 7) is 0. The first-order valence-electron chi connectivity index (χ1n) is 8.71. The number of nitrogens with zero attached hydrogens (tertiary/aromatic N) is 1. The van der Waals surface area contributed by atoms with Crippen LogP contribution in [-0.4, -0.2) is 25.2 Å². The molecule has 1 amide bonds. The second-order valence-electron chi connectivity index (χ2n) is 6.00. The first-order valence-corrected chi connectivity index (χ1v) is 9.89. The Morgan fingerprint density at radius 3 is 2.47 bits per heavy atom. The van der Waals surface area contributed by atoms with E-state index in [1.54, 1.807) is 60.7 Å². The number of amides is 1. The van der Waals surface area contributed by atoms with Crippen LogP contribution in [0, 0.1) is 0 Å². The fourth-order valence-corrected chi connectivity index (χ4v) is 3.23. The molecule has 0 aliphatic heterocycles. The molecule has 8 heteroatoms. The molecule has 0 unspecified atom stereocenters. The molecular formula is C22H16BrClN2O4. The minimum atomic E-state index is -0.509. The smallest absolute Gasteiger partial charge is 0.343 e. The van der Waals surface area contributed by atoms with E-state index in [0.29, 0.717) is 31.9 Å². The van der Waals surface area contributed by atoms with Crippen molar-refractivity contribution >= 4 is 45.6 Å². The molecular weight excluding hydrogens is 472 g/mol. The largest absolute Gasteiger partial charge is 0.493 e. The van der Waals surface area contributed by atoms with Gasteiger partial charge >= 0.3 is 5.97 Å². The van der Waals surface area contributed by atoms with Crippen molar-refractivity contribution < 1.29 is 19.1 Å². The number of hydrogen-bond donors (Lipinski definition) is 1. The van der Waals surface area contributed by atoms with Gasteiger partial charge in [-0.1, -0.05) is 35.9 Å². The van der Waals surface area contributed by atoms with Gasteiger partial charge in [-0.15, -0.1) is 0 Å². The van der Waals surface area contributed by atoms with Crippen molar-refractivity contribution in [3.05, 3.63) is 92.9 Å². The highest BCUT2D eigenvalue weighted by Crippen LogP contribution is 2.36. The van der Waals surface area contributed by atoms with E-state index < -0.39 is 11.9 Å². The van der Waals surface area contributed by atoms with Gasteiger partial charge in [-0.2, -0.15) is 5.10 Å². The number of nitrogens with one attached hydrogen (secondary N) is 1. The molecule has 0 atom stereocenters. The third-order valence-electron chi connectivity index (χ3n) is 3.92. The average molecular weight is 488 g/mol. The number of carbonyl (C=O) groups excluding carboxylic acids is 2. The minimum absolute atomic E-state index is 0.242. The zero-order valence-electron chi connectivity index (χ0n) is 15.8. The summed E-state index contributed by atoms with van der Waals surface area (Å²) in [5, 5.41) is 4.41. The van der Waals surface area contributed by atoms with Crippen molar-refractivity contribution in [3.63, 3.8) is 0 Å². The molecule has 0 fully saturated rings. The van der Waals surface area contributed by atoms with Crippen molar-refractivity contribution in [2.24, 2.45) is 5.10 Å². The highest BCUT2D eigenvalue weighted by atomic mass is 79.9. The van der Waals surface area contributed by atoms with Gasteiger partial charge in [0.15, 0.2) is 11.5 Å². The number of esters is 1. The van der Waals surface area contributed by atoms with Crippen molar-refractivity contribution in [1.29, 1.82) is 0 Å². The van der Waals surface area contributed by atoms with Crippen LogP contribution in [0.25, 0.3) is 0 Å². The fraction of sp³-hybridized carbons (Fsp3) is 0.0455. The Morgan fingerprint density at radius 2 is 1.77 bits per heavy atom. The number of hydrogen-bond acceptors (Lipinski definition) is 5. The van der Waals surface area contributed by atoms with E-state index in [9.17, 15) is 9.59 Å². The number of benzene rings is 3. The standard InChI is InChI=1S/C22H16BrClN2O4/c1-29-19-11-14(13-25-26-21(27)16-8-5-9-17(24)12-16)10-18(23)20(19)30-22(28)15-6-3-2-4-7-15/h2-13H,1H3,(H,26,27)/b25-13-. The normalized spacial score (nSPS) is 10.6. The molecule has 152 valence electrons. The summed E-state index contributed by atoms with van der Waals surface area (Å²) in [5.41, 5.74) is 3.85. The van der Waals surface area contributed by atoms with Gasteiger partial charge in [0.1, 0.15) is 0 Å². The molecule has 3 aromatic rings. The van der Waals surface area contributed by atoms with Gasteiger partial charge in [0, 0.05) is 10.6 Å². The van der Waals surface area contributed by atoms with E-state index in [1.165, 1.54) is 13.3 Å². The van der Waals surface area contributed by atoms with Gasteiger partial charge in [-0.05, 0) is 64.0 Å². The van der Waals surface area contributed by atoms with Gasteiger partial charge < -0.3 is 9.47 Å². The van der Waals surface area contributed by atoms with Gasteiger partial charge in [0.25, 0.3) is 5.91 Å². The lowest BCUT2D eigenvalue weighted by atomic mass is 10.2. The van der Waals surface area contributed by atoms with Gasteiger partial charge in [0.05, 0.1) is 23.4 Å². The van der Waals surface area contributed by atoms with Crippen LogP contribution in [0.15, 0.2) is 76.3 Å². The lowest BCUT2D eigenvalue weighted by Crippen LogP contribution is -2.17. The Bertz CT molecular complexity index is 1100. The molecule has 0 radical (unpaired) electrons. The molecule has 3 aromatic carbocycles. The molecule has 0 spiro atoms. The third kappa shape index (κ3) is 5.46. The lowest BCUT2D eigenvalue weighted by molar-refractivity contribution is 0.0728. The number of rotatable bonds is 6. The molecule has 0 saturated carbocycles. The molecule has 0 aromatic heterocycles. The summed E-state index contributed by atoms with van der Waals surface area (Å²) in [4.78, 5) is 24.5. The van der Waals surface area contributed by atoms with Crippen LogP contribution in [0.3, 0.4) is 0 Å². The van der Waals surface area contributed by atoms with Crippen LogP contribution in [0.5, 0.6) is 11.5 Å². The maximum Gasteiger partial charge on any atom is 0.343 e. The van der Waals surface area contributed by atoms with Gasteiger partial charge in [-0.25, -0.2) is 10.2 Å². The summed E-state index contributed by atoms with van der Waals surface area (Å²) in [6, 6.07) is 18.5. The molecule has 0 aliphatic carbocycles. The Labute approximate surface area is 186 Å². The second kappa shape index (κ2) is 10.0. The van der Waals surface area contributed by atoms with E-state index >= 15 is 0 Å². The molecule has 0 saturated heterocycles. The van der Waals surface area contributed by atoms with E-state index in [4.69, 9.17) is 21.1 Å². The molecule has 6 nitrogen and oxygen atoms in total. The number of ether oxygens (including phenoxy) is 2. The Kier molecular flexibility index (Phi) is 7.21. The van der Waals surface area contributed by atoms with E-state index in [2.05, 4.69) is 26.5 Å². The number of carbonyl (C=O) groups is 2. The van der Waals surface area contributed by atoms with E-state index in [-0.39, 0.29) is 5.75 Å². The van der Waals surface area contributed by atoms with Crippen molar-refractivity contribution in [3.8, 4) is 11.5 Å². The summed E-state index contributed by atoms with van der Waals surface area (Å²) < 4.78 is 11.3. The predicted octanol–water partition coefficient (Wildman–Crippen LogP) is 5.09. The maximum atomic E-state index is 12.3. The zero-order valence-corrected chi connectivity index (χ0v) is 18.1. The quantitative estimate of drug-likeness (QED) is 0.227. The summed E-state index contributed by atoms with van der Waals surface area (Å²) in [7, 11) is 1.46. The first-order chi connectivity index (χ1) is 14.5. The SMILES string of the molecule is COc1cc(/C=N\NC(=O)c2cccc(Cl)c2)cc(Br)c1OC(=O)c1ccccc1. The third-order valence-corrected chi connectivity index (χ3v) is 4.75. The number of hydrazone groups is 1. The molecule has 30 heavy (non-hydrogen) atoms. The van der Waals surface area contributed by atoms with Gasteiger partial charge in [0.2, 0.25) is 0 Å². The Balaban J connectivity index is 1.74. The second-order valence-corrected chi connectivity index (χ2v) is 7.29.